The lowest BCUT2D eigenvalue weighted by Gasteiger charge is -2.13. The van der Waals surface area contributed by atoms with Crippen LogP contribution in [0, 0.1) is 0 Å². The van der Waals surface area contributed by atoms with Crippen molar-refractivity contribution in [1.82, 2.24) is 35.1 Å². The summed E-state index contributed by atoms with van der Waals surface area (Å²) < 4.78 is 3.61. The molecule has 0 aliphatic carbocycles. The SMILES string of the molecule is CC(Cn1cncn1)NCCn1ccnn1. The number of hydrogen-bond acceptors (Lipinski definition) is 5. The lowest BCUT2D eigenvalue weighted by Crippen LogP contribution is -2.33. The van der Waals surface area contributed by atoms with E-state index in [1.54, 1.807) is 23.5 Å². The summed E-state index contributed by atoms with van der Waals surface area (Å²) in [5.74, 6) is 0. The second kappa shape index (κ2) is 5.36. The highest BCUT2D eigenvalue weighted by Gasteiger charge is 2.02. The highest BCUT2D eigenvalue weighted by molar-refractivity contribution is 4.67. The average molecular weight is 221 g/mol. The van der Waals surface area contributed by atoms with Crippen LogP contribution in [0.3, 0.4) is 0 Å². The molecule has 0 saturated carbocycles. The summed E-state index contributed by atoms with van der Waals surface area (Å²) in [4.78, 5) is 3.90. The fraction of sp³-hybridized carbons (Fsp3) is 0.556. The predicted octanol–water partition coefficient (Wildman–Crippen LogP) is -0.452. The van der Waals surface area contributed by atoms with Crippen LogP contribution in [0.15, 0.2) is 25.0 Å². The number of rotatable bonds is 6. The van der Waals surface area contributed by atoms with Crippen LogP contribution in [-0.4, -0.2) is 42.3 Å². The van der Waals surface area contributed by atoms with Gasteiger partial charge in [-0.25, -0.2) is 4.98 Å². The van der Waals surface area contributed by atoms with Crippen molar-refractivity contribution in [2.75, 3.05) is 6.54 Å². The molecule has 1 N–H and O–H groups in total. The minimum atomic E-state index is 0.352. The Morgan fingerprint density at radius 1 is 1.38 bits per heavy atom. The smallest absolute Gasteiger partial charge is 0.137 e. The van der Waals surface area contributed by atoms with Crippen molar-refractivity contribution in [3.8, 4) is 0 Å². The molecule has 0 aromatic carbocycles. The van der Waals surface area contributed by atoms with Gasteiger partial charge < -0.3 is 5.32 Å². The van der Waals surface area contributed by atoms with E-state index < -0.39 is 0 Å². The number of nitrogens with one attached hydrogen (secondary N) is 1. The molecule has 0 amide bonds. The zero-order chi connectivity index (χ0) is 11.2. The summed E-state index contributed by atoms with van der Waals surface area (Å²) in [7, 11) is 0. The van der Waals surface area contributed by atoms with E-state index in [4.69, 9.17) is 0 Å². The van der Waals surface area contributed by atoms with Gasteiger partial charge in [-0.2, -0.15) is 5.10 Å². The van der Waals surface area contributed by atoms with Crippen LogP contribution < -0.4 is 5.32 Å². The van der Waals surface area contributed by atoms with E-state index >= 15 is 0 Å². The summed E-state index contributed by atoms with van der Waals surface area (Å²) in [6.07, 6.45) is 6.79. The van der Waals surface area contributed by atoms with Gasteiger partial charge in [-0.3, -0.25) is 9.36 Å². The predicted molar refractivity (Wildman–Crippen MR) is 57.5 cm³/mol. The Labute approximate surface area is 93.5 Å². The van der Waals surface area contributed by atoms with E-state index in [1.807, 2.05) is 10.9 Å². The fourth-order valence-corrected chi connectivity index (χ4v) is 1.45. The molecule has 2 aromatic heterocycles. The second-order valence-corrected chi connectivity index (χ2v) is 3.64. The van der Waals surface area contributed by atoms with E-state index in [0.717, 1.165) is 19.6 Å². The molecule has 0 saturated heterocycles. The maximum atomic E-state index is 4.05. The first-order valence-electron chi connectivity index (χ1n) is 5.24. The molecule has 2 aromatic rings. The van der Waals surface area contributed by atoms with Gasteiger partial charge in [-0.05, 0) is 6.92 Å². The Kier molecular flexibility index (Phi) is 3.60. The molecule has 0 fully saturated rings. The fourth-order valence-electron chi connectivity index (χ4n) is 1.45. The molecular weight excluding hydrogens is 206 g/mol. The summed E-state index contributed by atoms with van der Waals surface area (Å²) in [6, 6.07) is 0.352. The highest BCUT2D eigenvalue weighted by atomic mass is 15.4. The molecular formula is C9H15N7. The Hall–Kier alpha value is -1.76. The van der Waals surface area contributed by atoms with E-state index in [2.05, 4.69) is 32.6 Å². The third kappa shape index (κ3) is 3.13. The van der Waals surface area contributed by atoms with Gasteiger partial charge in [0.1, 0.15) is 12.7 Å². The molecule has 16 heavy (non-hydrogen) atoms. The zero-order valence-corrected chi connectivity index (χ0v) is 9.19. The highest BCUT2D eigenvalue weighted by Crippen LogP contribution is 1.88. The molecule has 86 valence electrons. The number of aromatic nitrogens is 6. The molecule has 7 heteroatoms. The van der Waals surface area contributed by atoms with Gasteiger partial charge in [0.15, 0.2) is 0 Å². The first kappa shape index (κ1) is 10.7. The van der Waals surface area contributed by atoms with E-state index in [-0.39, 0.29) is 0 Å². The average Bonchev–Trinajstić information content (AvgIpc) is 2.90. The molecule has 1 unspecified atom stereocenters. The summed E-state index contributed by atoms with van der Waals surface area (Å²) in [5.41, 5.74) is 0. The van der Waals surface area contributed by atoms with Gasteiger partial charge in [0.2, 0.25) is 0 Å². The van der Waals surface area contributed by atoms with Crippen LogP contribution in [0.1, 0.15) is 6.92 Å². The largest absolute Gasteiger partial charge is 0.311 e. The lowest BCUT2D eigenvalue weighted by molar-refractivity contribution is 0.430. The number of nitrogens with zero attached hydrogens (tertiary/aromatic N) is 6. The topological polar surface area (TPSA) is 73.5 Å². The van der Waals surface area contributed by atoms with E-state index in [0.29, 0.717) is 6.04 Å². The van der Waals surface area contributed by atoms with Gasteiger partial charge in [0.05, 0.1) is 19.3 Å². The minimum Gasteiger partial charge on any atom is -0.311 e. The molecule has 7 nitrogen and oxygen atoms in total. The van der Waals surface area contributed by atoms with Crippen LogP contribution >= 0.6 is 0 Å². The monoisotopic (exact) mass is 221 g/mol. The van der Waals surface area contributed by atoms with E-state index in [1.165, 1.54) is 0 Å². The Morgan fingerprint density at radius 3 is 3.00 bits per heavy atom. The van der Waals surface area contributed by atoms with Crippen LogP contribution in [-0.2, 0) is 13.1 Å². The molecule has 0 radical (unpaired) electrons. The Morgan fingerprint density at radius 2 is 2.31 bits per heavy atom. The molecule has 2 rings (SSSR count). The molecule has 0 bridgehead atoms. The van der Waals surface area contributed by atoms with Gasteiger partial charge in [-0.1, -0.05) is 5.21 Å². The molecule has 0 aliphatic rings. The van der Waals surface area contributed by atoms with Crippen molar-refractivity contribution in [3.63, 3.8) is 0 Å². The normalized spacial score (nSPS) is 12.8. The summed E-state index contributed by atoms with van der Waals surface area (Å²) in [5, 5.41) is 15.1. The summed E-state index contributed by atoms with van der Waals surface area (Å²) in [6.45, 7) is 4.61. The lowest BCUT2D eigenvalue weighted by atomic mass is 10.3. The third-order valence-corrected chi connectivity index (χ3v) is 2.23. The molecule has 2 heterocycles. The van der Waals surface area contributed by atoms with Crippen molar-refractivity contribution in [1.29, 1.82) is 0 Å². The van der Waals surface area contributed by atoms with Gasteiger partial charge in [0, 0.05) is 18.8 Å². The molecule has 0 spiro atoms. The van der Waals surface area contributed by atoms with E-state index in [9.17, 15) is 0 Å². The van der Waals surface area contributed by atoms with Crippen molar-refractivity contribution in [2.24, 2.45) is 0 Å². The van der Waals surface area contributed by atoms with Crippen molar-refractivity contribution >= 4 is 0 Å². The Balaban J connectivity index is 1.66. The van der Waals surface area contributed by atoms with Crippen molar-refractivity contribution in [3.05, 3.63) is 25.0 Å². The third-order valence-electron chi connectivity index (χ3n) is 2.23. The maximum absolute atomic E-state index is 4.05. The standard InChI is InChI=1S/C9H15N7/c1-9(6-16-8-10-7-13-16)11-2-4-15-5-3-12-14-15/h3,5,7-9,11H,2,4,6H2,1H3. The molecule has 0 aliphatic heterocycles. The van der Waals surface area contributed by atoms with Crippen LogP contribution in [0.4, 0.5) is 0 Å². The first-order valence-corrected chi connectivity index (χ1v) is 5.24. The minimum absolute atomic E-state index is 0.352. The van der Waals surface area contributed by atoms with Gasteiger partial charge in [-0.15, -0.1) is 5.10 Å². The van der Waals surface area contributed by atoms with Gasteiger partial charge >= 0.3 is 0 Å². The van der Waals surface area contributed by atoms with Crippen molar-refractivity contribution < 1.29 is 0 Å². The Bertz CT molecular complexity index is 380. The molecule has 1 atom stereocenters. The van der Waals surface area contributed by atoms with Crippen molar-refractivity contribution in [2.45, 2.75) is 26.1 Å². The van der Waals surface area contributed by atoms with Crippen LogP contribution in [0.5, 0.6) is 0 Å². The zero-order valence-electron chi connectivity index (χ0n) is 9.19. The number of hydrogen-bond donors (Lipinski definition) is 1. The van der Waals surface area contributed by atoms with Crippen LogP contribution in [0.2, 0.25) is 0 Å². The summed E-state index contributed by atoms with van der Waals surface area (Å²) >= 11 is 0. The maximum Gasteiger partial charge on any atom is 0.137 e. The quantitative estimate of drug-likeness (QED) is 0.715. The first-order chi connectivity index (χ1) is 7.84. The second-order valence-electron chi connectivity index (χ2n) is 3.64. The van der Waals surface area contributed by atoms with Gasteiger partial charge in [0.25, 0.3) is 0 Å². The van der Waals surface area contributed by atoms with Crippen LogP contribution in [0.25, 0.3) is 0 Å².